The van der Waals surface area contributed by atoms with Gasteiger partial charge in [-0.25, -0.2) is 19.1 Å². The summed E-state index contributed by atoms with van der Waals surface area (Å²) in [5.74, 6) is -4.34. The minimum atomic E-state index is -1.48. The van der Waals surface area contributed by atoms with Gasteiger partial charge in [0, 0.05) is 19.2 Å². The highest BCUT2D eigenvalue weighted by Crippen LogP contribution is 2.03. The fourth-order valence-electron chi connectivity index (χ4n) is 2.82. The SMILES string of the molecule is O=C(O)CC[C@H](NC(=O)N[C@@H](CCCCNC(=O)Cn1cc(CCCF)nn1)C(=O)O)C(=O)O. The Hall–Kier alpha value is -3.78. The van der Waals surface area contributed by atoms with Crippen LogP contribution in [-0.2, 0) is 32.1 Å². The Morgan fingerprint density at radius 2 is 1.62 bits per heavy atom. The molecule has 1 heterocycles. The Kier molecular flexibility index (Phi) is 12.6. The Morgan fingerprint density at radius 3 is 2.21 bits per heavy atom. The number of carbonyl (C=O) groups is 5. The van der Waals surface area contributed by atoms with Gasteiger partial charge in [-0.1, -0.05) is 5.21 Å². The molecule has 34 heavy (non-hydrogen) atoms. The molecule has 15 heteroatoms. The third-order valence-corrected chi connectivity index (χ3v) is 4.55. The molecule has 0 spiro atoms. The molecule has 0 saturated heterocycles. The lowest BCUT2D eigenvalue weighted by Crippen LogP contribution is -2.51. The van der Waals surface area contributed by atoms with Crippen molar-refractivity contribution in [3.05, 3.63) is 11.9 Å². The molecular formula is C19H29FN6O8. The van der Waals surface area contributed by atoms with Gasteiger partial charge in [-0.05, 0) is 38.5 Å². The average Bonchev–Trinajstić information content (AvgIpc) is 3.20. The Labute approximate surface area is 193 Å². The lowest BCUT2D eigenvalue weighted by atomic mass is 10.1. The number of alkyl halides is 1. The van der Waals surface area contributed by atoms with Gasteiger partial charge in [0.1, 0.15) is 18.6 Å². The summed E-state index contributed by atoms with van der Waals surface area (Å²) in [6.45, 7) is -0.294. The number of hydrogen-bond donors (Lipinski definition) is 6. The first-order chi connectivity index (χ1) is 16.1. The predicted octanol–water partition coefficient (Wildman–Crippen LogP) is -0.463. The number of hydrogen-bond acceptors (Lipinski definition) is 7. The fourth-order valence-corrected chi connectivity index (χ4v) is 2.82. The van der Waals surface area contributed by atoms with E-state index in [1.165, 1.54) is 4.68 Å². The molecule has 0 aliphatic heterocycles. The summed E-state index contributed by atoms with van der Waals surface area (Å²) in [5, 5.41) is 41.4. The second-order valence-electron chi connectivity index (χ2n) is 7.38. The number of carboxylic acids is 3. The maximum Gasteiger partial charge on any atom is 0.326 e. The molecule has 0 fully saturated rings. The monoisotopic (exact) mass is 488 g/mol. The number of nitrogens with zero attached hydrogens (tertiary/aromatic N) is 3. The Morgan fingerprint density at radius 1 is 0.971 bits per heavy atom. The molecule has 0 saturated carbocycles. The second kappa shape index (κ2) is 15.1. The molecule has 0 aliphatic carbocycles. The highest BCUT2D eigenvalue weighted by atomic mass is 19.1. The van der Waals surface area contributed by atoms with Gasteiger partial charge < -0.3 is 31.3 Å². The zero-order valence-corrected chi connectivity index (χ0v) is 18.4. The van der Waals surface area contributed by atoms with Crippen LogP contribution in [0.4, 0.5) is 9.18 Å². The number of unbranched alkanes of at least 4 members (excludes halogenated alkanes) is 1. The van der Waals surface area contributed by atoms with E-state index in [2.05, 4.69) is 20.9 Å². The van der Waals surface area contributed by atoms with Crippen molar-refractivity contribution in [1.29, 1.82) is 0 Å². The largest absolute Gasteiger partial charge is 0.481 e. The molecule has 0 unspecified atom stereocenters. The summed E-state index contributed by atoms with van der Waals surface area (Å²) in [5.41, 5.74) is 0.582. The van der Waals surface area contributed by atoms with Crippen LogP contribution in [0.3, 0.4) is 0 Å². The smallest absolute Gasteiger partial charge is 0.326 e. The Balaban J connectivity index is 2.34. The van der Waals surface area contributed by atoms with Crippen molar-refractivity contribution in [1.82, 2.24) is 30.9 Å². The normalized spacial score (nSPS) is 12.4. The number of halogens is 1. The molecule has 0 radical (unpaired) electrons. The van der Waals surface area contributed by atoms with Crippen LogP contribution >= 0.6 is 0 Å². The lowest BCUT2D eigenvalue weighted by molar-refractivity contribution is -0.140. The third-order valence-electron chi connectivity index (χ3n) is 4.55. The standard InChI is InChI=1S/C19H29FN6O8/c20-8-3-4-12-10-26(25-24-12)11-15(27)21-9-2-1-5-13(17(30)31)22-19(34)23-14(18(32)33)6-7-16(28)29/h10,13-14H,1-9,11H2,(H,21,27)(H,28,29)(H,30,31)(H,32,33)(H2,22,23,34)/t13-,14-/m0/s1. The van der Waals surface area contributed by atoms with E-state index in [0.717, 1.165) is 0 Å². The van der Waals surface area contributed by atoms with Crippen LogP contribution in [0.2, 0.25) is 0 Å². The number of aromatic nitrogens is 3. The Bertz CT molecular complexity index is 849. The van der Waals surface area contributed by atoms with E-state index in [1.807, 2.05) is 5.32 Å². The predicted molar refractivity (Wildman–Crippen MR) is 113 cm³/mol. The molecule has 0 aromatic carbocycles. The maximum absolute atomic E-state index is 12.2. The first-order valence-corrected chi connectivity index (χ1v) is 10.6. The molecule has 14 nitrogen and oxygen atoms in total. The van der Waals surface area contributed by atoms with Crippen LogP contribution in [-0.4, -0.2) is 85.5 Å². The van der Waals surface area contributed by atoms with E-state index < -0.39 is 49.1 Å². The molecule has 1 rings (SSSR count). The van der Waals surface area contributed by atoms with Gasteiger partial charge in [-0.2, -0.15) is 0 Å². The number of amides is 3. The van der Waals surface area contributed by atoms with E-state index in [0.29, 0.717) is 31.4 Å². The number of aryl methyl sites for hydroxylation is 1. The fraction of sp³-hybridized carbons (Fsp3) is 0.632. The van der Waals surface area contributed by atoms with Crippen LogP contribution in [0.1, 0.15) is 44.2 Å². The summed E-state index contributed by atoms with van der Waals surface area (Å²) < 4.78 is 13.5. The van der Waals surface area contributed by atoms with Crippen molar-refractivity contribution in [2.75, 3.05) is 13.2 Å². The van der Waals surface area contributed by atoms with E-state index in [4.69, 9.17) is 10.2 Å². The van der Waals surface area contributed by atoms with Crippen LogP contribution in [0.15, 0.2) is 6.20 Å². The van der Waals surface area contributed by atoms with Crippen molar-refractivity contribution in [2.24, 2.45) is 0 Å². The zero-order chi connectivity index (χ0) is 25.5. The van der Waals surface area contributed by atoms with Gasteiger partial charge in [0.15, 0.2) is 0 Å². The van der Waals surface area contributed by atoms with Gasteiger partial charge in [0.2, 0.25) is 5.91 Å². The average molecular weight is 488 g/mol. The molecule has 6 N–H and O–H groups in total. The molecule has 190 valence electrons. The number of urea groups is 1. The first kappa shape index (κ1) is 28.3. The number of carboxylic acid groups (broad SMARTS) is 3. The summed E-state index contributed by atoms with van der Waals surface area (Å²) in [6, 6.07) is -3.83. The molecule has 0 bridgehead atoms. The van der Waals surface area contributed by atoms with Gasteiger partial charge in [0.05, 0.1) is 12.4 Å². The van der Waals surface area contributed by atoms with E-state index >= 15 is 0 Å². The van der Waals surface area contributed by atoms with Crippen LogP contribution in [0, 0.1) is 0 Å². The van der Waals surface area contributed by atoms with Crippen LogP contribution in [0.25, 0.3) is 0 Å². The van der Waals surface area contributed by atoms with Crippen molar-refractivity contribution in [2.45, 2.75) is 63.6 Å². The summed E-state index contributed by atoms with van der Waals surface area (Å²) in [4.78, 5) is 56.9. The molecular weight excluding hydrogens is 459 g/mol. The first-order valence-electron chi connectivity index (χ1n) is 10.6. The highest BCUT2D eigenvalue weighted by Gasteiger charge is 2.24. The maximum atomic E-state index is 12.2. The quantitative estimate of drug-likeness (QED) is 0.155. The van der Waals surface area contributed by atoms with Crippen molar-refractivity contribution < 1.29 is 43.7 Å². The van der Waals surface area contributed by atoms with Crippen molar-refractivity contribution in [3.8, 4) is 0 Å². The minimum Gasteiger partial charge on any atom is -0.481 e. The lowest BCUT2D eigenvalue weighted by Gasteiger charge is -2.18. The third kappa shape index (κ3) is 11.7. The number of nitrogens with one attached hydrogen (secondary N) is 3. The number of carbonyl (C=O) groups excluding carboxylic acids is 2. The molecule has 3 amide bonds. The van der Waals surface area contributed by atoms with Gasteiger partial charge in [-0.15, -0.1) is 5.10 Å². The number of aliphatic carboxylic acids is 3. The van der Waals surface area contributed by atoms with Gasteiger partial charge >= 0.3 is 23.9 Å². The summed E-state index contributed by atoms with van der Waals surface area (Å²) in [7, 11) is 0. The van der Waals surface area contributed by atoms with Gasteiger partial charge in [0.25, 0.3) is 0 Å². The topological polar surface area (TPSA) is 213 Å². The second-order valence-corrected chi connectivity index (χ2v) is 7.38. The van der Waals surface area contributed by atoms with E-state index in [9.17, 15) is 33.5 Å². The summed E-state index contributed by atoms with van der Waals surface area (Å²) in [6.07, 6.45) is 2.22. The van der Waals surface area contributed by atoms with E-state index in [-0.39, 0.29) is 31.8 Å². The molecule has 1 aromatic rings. The zero-order valence-electron chi connectivity index (χ0n) is 18.4. The molecule has 2 atom stereocenters. The molecule has 0 aliphatic rings. The summed E-state index contributed by atoms with van der Waals surface area (Å²) >= 11 is 0. The van der Waals surface area contributed by atoms with Crippen LogP contribution < -0.4 is 16.0 Å². The number of rotatable bonds is 17. The van der Waals surface area contributed by atoms with Gasteiger partial charge in [-0.3, -0.25) is 14.0 Å². The van der Waals surface area contributed by atoms with Crippen molar-refractivity contribution in [3.63, 3.8) is 0 Å². The van der Waals surface area contributed by atoms with E-state index in [1.54, 1.807) is 6.20 Å². The highest BCUT2D eigenvalue weighted by molar-refractivity contribution is 5.86. The van der Waals surface area contributed by atoms with Crippen LogP contribution in [0.5, 0.6) is 0 Å². The minimum absolute atomic E-state index is 0.0203. The molecule has 1 aromatic heterocycles. The van der Waals surface area contributed by atoms with Crippen molar-refractivity contribution >= 4 is 29.8 Å².